The van der Waals surface area contributed by atoms with Crippen molar-refractivity contribution in [2.24, 2.45) is 0 Å². The van der Waals surface area contributed by atoms with E-state index in [9.17, 15) is 4.79 Å². The molecule has 0 fully saturated rings. The minimum atomic E-state index is -0.0634. The number of nitrogens with zero attached hydrogens (tertiary/aromatic N) is 5. The monoisotopic (exact) mass is 469 g/mol. The zero-order valence-corrected chi connectivity index (χ0v) is 20.5. The molecule has 0 aliphatic heterocycles. The van der Waals surface area contributed by atoms with E-state index in [-0.39, 0.29) is 18.4 Å². The Bertz CT molecular complexity index is 1380. The molecule has 0 radical (unpaired) electrons. The third-order valence-electron chi connectivity index (χ3n) is 6.57. The van der Waals surface area contributed by atoms with Crippen molar-refractivity contribution < 1.29 is 4.79 Å². The highest BCUT2D eigenvalue weighted by Gasteiger charge is 2.15. The van der Waals surface area contributed by atoms with Crippen molar-refractivity contribution >= 4 is 28.6 Å². The van der Waals surface area contributed by atoms with E-state index in [1.165, 1.54) is 18.4 Å². The van der Waals surface area contributed by atoms with Crippen molar-refractivity contribution in [1.29, 1.82) is 0 Å². The molecule has 35 heavy (non-hydrogen) atoms. The number of carbonyl (C=O) groups is 1. The van der Waals surface area contributed by atoms with E-state index in [0.717, 1.165) is 53.1 Å². The molecule has 1 atom stereocenters. The highest BCUT2D eigenvalue weighted by atomic mass is 16.1. The van der Waals surface area contributed by atoms with E-state index in [1.807, 2.05) is 42.1 Å². The van der Waals surface area contributed by atoms with Crippen LogP contribution in [0, 0.1) is 6.92 Å². The van der Waals surface area contributed by atoms with Gasteiger partial charge in [0.2, 0.25) is 11.6 Å². The van der Waals surface area contributed by atoms with Crippen molar-refractivity contribution in [2.45, 2.75) is 65.5 Å². The number of benzene rings is 1. The van der Waals surface area contributed by atoms with Crippen molar-refractivity contribution in [3.05, 3.63) is 70.8 Å². The van der Waals surface area contributed by atoms with Gasteiger partial charge < -0.3 is 10.6 Å². The largest absolute Gasteiger partial charge is 0.362 e. The van der Waals surface area contributed by atoms with Crippen LogP contribution in [-0.2, 0) is 30.6 Å². The van der Waals surface area contributed by atoms with Crippen LogP contribution in [0.1, 0.15) is 60.8 Å². The number of nitrogens with one attached hydrogen (secondary N) is 2. The topological polar surface area (TPSA) is 97.6 Å². The smallest absolute Gasteiger partial charge is 0.230 e. The van der Waals surface area contributed by atoms with Crippen LogP contribution < -0.4 is 10.6 Å². The highest BCUT2D eigenvalue weighted by Crippen LogP contribution is 2.25. The summed E-state index contributed by atoms with van der Waals surface area (Å²) in [7, 11) is 0. The standard InChI is InChI=1S/C27H31N7O/c1-4-34-16-24-27(33-34)32-25(15-28-24)29-18(3)22-13-20(11-9-17(22)2)31-26(35)14-21-12-10-19-7-5-6-8-23(19)30-21/h9-13,15-16,18H,4-8,14H2,1-3H3,(H,31,35)(H,29,32,33)/t18-/m0/s1. The van der Waals surface area contributed by atoms with Gasteiger partial charge in [-0.25, -0.2) is 9.97 Å². The van der Waals surface area contributed by atoms with Crippen molar-refractivity contribution in [1.82, 2.24) is 24.7 Å². The molecule has 0 saturated heterocycles. The van der Waals surface area contributed by atoms with E-state index in [1.54, 1.807) is 6.20 Å². The fourth-order valence-electron chi connectivity index (χ4n) is 4.66. The molecule has 3 aromatic heterocycles. The highest BCUT2D eigenvalue weighted by molar-refractivity contribution is 5.92. The van der Waals surface area contributed by atoms with Gasteiger partial charge >= 0.3 is 0 Å². The molecule has 0 saturated carbocycles. The number of fused-ring (bicyclic) bond motifs is 2. The predicted molar refractivity (Wildman–Crippen MR) is 137 cm³/mol. The number of hydrogen-bond donors (Lipinski definition) is 2. The molecule has 3 heterocycles. The first-order valence-electron chi connectivity index (χ1n) is 12.3. The molecular formula is C27H31N7O. The van der Waals surface area contributed by atoms with Crippen LogP contribution in [0.3, 0.4) is 0 Å². The van der Waals surface area contributed by atoms with Crippen LogP contribution in [-0.4, -0.2) is 30.6 Å². The molecule has 1 amide bonds. The van der Waals surface area contributed by atoms with E-state index in [4.69, 9.17) is 4.98 Å². The molecule has 5 rings (SSSR count). The maximum absolute atomic E-state index is 12.8. The number of hydrogen-bond acceptors (Lipinski definition) is 6. The number of carbonyl (C=O) groups excluding carboxylic acids is 1. The van der Waals surface area contributed by atoms with Gasteiger partial charge in [-0.3, -0.25) is 14.5 Å². The summed E-state index contributed by atoms with van der Waals surface area (Å²) in [6.45, 7) is 6.94. The molecule has 2 N–H and O–H groups in total. The minimum Gasteiger partial charge on any atom is -0.362 e. The Balaban J connectivity index is 1.27. The summed E-state index contributed by atoms with van der Waals surface area (Å²) in [6.07, 6.45) is 8.39. The first-order valence-corrected chi connectivity index (χ1v) is 12.3. The first-order chi connectivity index (χ1) is 17.0. The summed E-state index contributed by atoms with van der Waals surface area (Å²) >= 11 is 0. The molecule has 0 spiro atoms. The third-order valence-corrected chi connectivity index (χ3v) is 6.57. The minimum absolute atomic E-state index is 0.0332. The van der Waals surface area contributed by atoms with Crippen molar-refractivity contribution in [3.63, 3.8) is 0 Å². The van der Waals surface area contributed by atoms with Gasteiger partial charge in [-0.2, -0.15) is 5.10 Å². The number of rotatable bonds is 7. The molecule has 0 bridgehead atoms. The summed E-state index contributed by atoms with van der Waals surface area (Å²) < 4.78 is 1.83. The number of pyridine rings is 1. The van der Waals surface area contributed by atoms with Crippen LogP contribution in [0.25, 0.3) is 11.2 Å². The van der Waals surface area contributed by atoms with Crippen LogP contribution in [0.4, 0.5) is 11.5 Å². The van der Waals surface area contributed by atoms with Gasteiger partial charge in [-0.15, -0.1) is 0 Å². The molecule has 4 aromatic rings. The fourth-order valence-corrected chi connectivity index (χ4v) is 4.66. The van der Waals surface area contributed by atoms with Crippen LogP contribution in [0.5, 0.6) is 0 Å². The second-order valence-corrected chi connectivity index (χ2v) is 9.23. The molecule has 1 aromatic carbocycles. The number of aromatic nitrogens is 5. The Labute approximate surface area is 205 Å². The van der Waals surface area contributed by atoms with Crippen LogP contribution in [0.15, 0.2) is 42.7 Å². The van der Waals surface area contributed by atoms with Gasteiger partial charge in [0.05, 0.1) is 30.6 Å². The molecule has 180 valence electrons. The SMILES string of the molecule is CCn1cc2ncc(N[C@@H](C)c3cc(NC(=O)Cc4ccc5c(n4)CCCC5)ccc3C)nc2n1. The summed E-state index contributed by atoms with van der Waals surface area (Å²) in [6, 6.07) is 10.1. The van der Waals surface area contributed by atoms with Gasteiger partial charge in [0.25, 0.3) is 0 Å². The predicted octanol–water partition coefficient (Wildman–Crippen LogP) is 4.78. The lowest BCUT2D eigenvalue weighted by Gasteiger charge is -2.18. The number of aryl methyl sites for hydroxylation is 4. The summed E-state index contributed by atoms with van der Waals surface area (Å²) in [5.41, 5.74) is 7.68. The third kappa shape index (κ3) is 5.16. The number of amides is 1. The zero-order chi connectivity index (χ0) is 24.4. The van der Waals surface area contributed by atoms with Gasteiger partial charge in [-0.1, -0.05) is 12.1 Å². The molecule has 1 aliphatic rings. The maximum Gasteiger partial charge on any atom is 0.230 e. The van der Waals surface area contributed by atoms with Gasteiger partial charge in [0, 0.05) is 17.9 Å². The zero-order valence-electron chi connectivity index (χ0n) is 20.5. The van der Waals surface area contributed by atoms with Gasteiger partial charge in [0.1, 0.15) is 11.3 Å². The Morgan fingerprint density at radius 3 is 2.86 bits per heavy atom. The lowest BCUT2D eigenvalue weighted by Crippen LogP contribution is -2.17. The van der Waals surface area contributed by atoms with E-state index < -0.39 is 0 Å². The maximum atomic E-state index is 12.8. The van der Waals surface area contributed by atoms with E-state index >= 15 is 0 Å². The second kappa shape index (κ2) is 9.82. The number of anilines is 2. The molecule has 8 heteroatoms. The summed E-state index contributed by atoms with van der Waals surface area (Å²) in [4.78, 5) is 26.6. The molecule has 1 aliphatic carbocycles. The quantitative estimate of drug-likeness (QED) is 0.404. The van der Waals surface area contributed by atoms with Gasteiger partial charge in [-0.05, 0) is 81.3 Å². The summed E-state index contributed by atoms with van der Waals surface area (Å²) in [5.74, 6) is 0.602. The van der Waals surface area contributed by atoms with E-state index in [0.29, 0.717) is 11.5 Å². The average Bonchev–Trinajstić information content (AvgIpc) is 3.27. The normalized spacial score (nSPS) is 13.9. The molecular weight excluding hydrogens is 438 g/mol. The molecule has 0 unspecified atom stereocenters. The molecule has 8 nitrogen and oxygen atoms in total. The Hall–Kier alpha value is -3.81. The van der Waals surface area contributed by atoms with Gasteiger partial charge in [0.15, 0.2) is 0 Å². The van der Waals surface area contributed by atoms with Crippen LogP contribution in [0.2, 0.25) is 0 Å². The van der Waals surface area contributed by atoms with E-state index in [2.05, 4.69) is 45.6 Å². The van der Waals surface area contributed by atoms with Crippen molar-refractivity contribution in [2.75, 3.05) is 10.6 Å². The first kappa shape index (κ1) is 23.0. The second-order valence-electron chi connectivity index (χ2n) is 9.23. The average molecular weight is 470 g/mol. The summed E-state index contributed by atoms with van der Waals surface area (Å²) in [5, 5.41) is 10.9. The Morgan fingerprint density at radius 2 is 2.00 bits per heavy atom. The lowest BCUT2D eigenvalue weighted by molar-refractivity contribution is -0.115. The Morgan fingerprint density at radius 1 is 1.14 bits per heavy atom. The lowest BCUT2D eigenvalue weighted by atomic mass is 9.95. The van der Waals surface area contributed by atoms with Crippen molar-refractivity contribution in [3.8, 4) is 0 Å². The van der Waals surface area contributed by atoms with Crippen LogP contribution >= 0.6 is 0 Å². The Kier molecular flexibility index (Phi) is 6.44. The fraction of sp³-hybridized carbons (Fsp3) is 0.370.